The maximum absolute atomic E-state index is 11.9. The first-order chi connectivity index (χ1) is 10.2. The lowest BCUT2D eigenvalue weighted by molar-refractivity contribution is 0.0635. The number of hydrogen-bond donors (Lipinski definition) is 2. The molecule has 118 valence electrons. The number of ether oxygens (including phenoxy) is 2. The van der Waals surface area contributed by atoms with Gasteiger partial charge in [0.15, 0.2) is 11.5 Å². The average Bonchev–Trinajstić information content (AvgIpc) is 3.20. The maximum atomic E-state index is 11.9. The summed E-state index contributed by atoms with van der Waals surface area (Å²) in [7, 11) is 1.42. The first-order valence-electron chi connectivity index (χ1n) is 7.03. The number of aromatic hydroxyl groups is 1. The van der Waals surface area contributed by atoms with Crippen LogP contribution in [0.2, 0.25) is 0 Å². The van der Waals surface area contributed by atoms with Gasteiger partial charge in [0.1, 0.15) is 5.60 Å². The quantitative estimate of drug-likeness (QED) is 0.836. The predicted octanol–water partition coefficient (Wildman–Crippen LogP) is 3.30. The molecule has 1 saturated carbocycles. The molecule has 0 aromatic heterocycles. The number of nitrogens with zero attached hydrogens (tertiary/aromatic N) is 1. The number of phenolic OH excluding ortho intramolecular Hbond substituents is 1. The van der Waals surface area contributed by atoms with Crippen molar-refractivity contribution in [1.29, 1.82) is 5.26 Å². The molecule has 1 aromatic carbocycles. The smallest absolute Gasteiger partial charge is 0.412 e. The van der Waals surface area contributed by atoms with E-state index >= 15 is 0 Å². The Morgan fingerprint density at radius 1 is 1.41 bits per heavy atom. The molecule has 1 amide bonds. The van der Waals surface area contributed by atoms with Crippen LogP contribution in [0.4, 0.5) is 10.5 Å². The van der Waals surface area contributed by atoms with Gasteiger partial charge in [0.05, 0.1) is 24.3 Å². The van der Waals surface area contributed by atoms with Crippen LogP contribution >= 0.6 is 0 Å². The lowest BCUT2D eigenvalue weighted by Crippen LogP contribution is -2.27. The Balaban J connectivity index is 2.33. The Bertz CT molecular complexity index is 637. The molecular weight excluding hydrogens is 284 g/mol. The molecule has 0 spiro atoms. The van der Waals surface area contributed by atoms with Crippen molar-refractivity contribution < 1.29 is 19.4 Å². The Labute approximate surface area is 129 Å². The standard InChI is InChI=1S/C16H20N2O4/c1-15(2,3)22-14(20)18-11-7-10(16(9-17)5-6-16)8-12(21-4)13(11)19/h7-8,19H,5-6H2,1-4H3,(H,18,20). The Morgan fingerprint density at radius 2 is 2.05 bits per heavy atom. The third-order valence-electron chi connectivity index (χ3n) is 3.45. The Morgan fingerprint density at radius 3 is 2.50 bits per heavy atom. The Kier molecular flexibility index (Phi) is 3.92. The summed E-state index contributed by atoms with van der Waals surface area (Å²) < 4.78 is 10.3. The van der Waals surface area contributed by atoms with Crippen LogP contribution in [0.3, 0.4) is 0 Å². The molecular formula is C16H20N2O4. The largest absolute Gasteiger partial charge is 0.503 e. The van der Waals surface area contributed by atoms with E-state index in [0.717, 1.165) is 18.4 Å². The monoisotopic (exact) mass is 304 g/mol. The van der Waals surface area contributed by atoms with E-state index in [2.05, 4.69) is 11.4 Å². The van der Waals surface area contributed by atoms with Crippen LogP contribution in [0.25, 0.3) is 0 Å². The third-order valence-corrected chi connectivity index (χ3v) is 3.45. The summed E-state index contributed by atoms with van der Waals surface area (Å²) in [6.07, 6.45) is 0.830. The van der Waals surface area contributed by atoms with Crippen molar-refractivity contribution in [2.75, 3.05) is 12.4 Å². The molecule has 0 aliphatic heterocycles. The minimum atomic E-state index is -0.677. The van der Waals surface area contributed by atoms with Crippen LogP contribution in [0, 0.1) is 11.3 Å². The molecule has 1 aliphatic carbocycles. The molecule has 0 atom stereocenters. The normalized spacial score (nSPS) is 15.6. The third kappa shape index (κ3) is 3.25. The topological polar surface area (TPSA) is 91.6 Å². The summed E-state index contributed by atoms with van der Waals surface area (Å²) in [6, 6.07) is 5.50. The van der Waals surface area contributed by atoms with Crippen LogP contribution in [-0.4, -0.2) is 23.9 Å². The zero-order valence-electron chi connectivity index (χ0n) is 13.2. The number of nitriles is 1. The summed E-state index contributed by atoms with van der Waals surface area (Å²) in [6.45, 7) is 5.24. The van der Waals surface area contributed by atoms with Crippen molar-refractivity contribution in [3.05, 3.63) is 17.7 Å². The lowest BCUT2D eigenvalue weighted by atomic mass is 9.96. The highest BCUT2D eigenvalue weighted by atomic mass is 16.6. The van der Waals surface area contributed by atoms with Crippen molar-refractivity contribution in [3.8, 4) is 17.6 Å². The molecule has 6 nitrogen and oxygen atoms in total. The number of methoxy groups -OCH3 is 1. The van der Waals surface area contributed by atoms with Gasteiger partial charge in [-0.1, -0.05) is 0 Å². The van der Waals surface area contributed by atoms with Crippen LogP contribution in [0.5, 0.6) is 11.5 Å². The molecule has 1 aromatic rings. The zero-order valence-corrected chi connectivity index (χ0v) is 13.2. The summed E-state index contributed by atoms with van der Waals surface area (Å²) in [4.78, 5) is 11.9. The fourth-order valence-electron chi connectivity index (χ4n) is 2.14. The molecule has 1 fully saturated rings. The van der Waals surface area contributed by atoms with E-state index in [9.17, 15) is 15.2 Å². The number of rotatable bonds is 3. The summed E-state index contributed by atoms with van der Waals surface area (Å²) in [5, 5.41) is 21.9. The van der Waals surface area contributed by atoms with Gasteiger partial charge in [-0.3, -0.25) is 5.32 Å². The van der Waals surface area contributed by atoms with E-state index in [1.54, 1.807) is 32.9 Å². The number of phenols is 1. The predicted molar refractivity (Wildman–Crippen MR) is 81.0 cm³/mol. The van der Waals surface area contributed by atoms with Crippen LogP contribution in [0.1, 0.15) is 39.2 Å². The molecule has 0 radical (unpaired) electrons. The summed E-state index contributed by atoms with van der Waals surface area (Å²) in [5.74, 6) is 0.0240. The average molecular weight is 304 g/mol. The zero-order chi connectivity index (χ0) is 16.5. The van der Waals surface area contributed by atoms with Crippen LogP contribution in [0.15, 0.2) is 12.1 Å². The van der Waals surface area contributed by atoms with E-state index in [4.69, 9.17) is 9.47 Å². The molecule has 0 bridgehead atoms. The number of amides is 1. The van der Waals surface area contributed by atoms with Gasteiger partial charge in [-0.05, 0) is 51.3 Å². The highest BCUT2D eigenvalue weighted by Crippen LogP contribution is 2.50. The van der Waals surface area contributed by atoms with Crippen LogP contribution in [-0.2, 0) is 10.2 Å². The second-order valence-electron chi connectivity index (χ2n) is 6.40. The number of nitrogens with one attached hydrogen (secondary N) is 1. The summed E-state index contributed by atoms with van der Waals surface area (Å²) >= 11 is 0. The van der Waals surface area contributed by atoms with Gasteiger partial charge in [0, 0.05) is 0 Å². The lowest BCUT2D eigenvalue weighted by Gasteiger charge is -2.21. The summed E-state index contributed by atoms with van der Waals surface area (Å²) in [5.41, 5.74) is -0.308. The first kappa shape index (κ1) is 16.0. The fraction of sp³-hybridized carbons (Fsp3) is 0.500. The number of carbonyl (C=O) groups excluding carboxylic acids is 1. The van der Waals surface area contributed by atoms with Crippen molar-refractivity contribution in [3.63, 3.8) is 0 Å². The van der Waals surface area contributed by atoms with Gasteiger partial charge >= 0.3 is 6.09 Å². The molecule has 0 unspecified atom stereocenters. The second-order valence-corrected chi connectivity index (χ2v) is 6.40. The van der Waals surface area contributed by atoms with E-state index in [1.807, 2.05) is 0 Å². The number of hydrogen-bond acceptors (Lipinski definition) is 5. The molecule has 0 heterocycles. The van der Waals surface area contributed by atoms with Gasteiger partial charge in [0.2, 0.25) is 0 Å². The molecule has 0 saturated heterocycles. The van der Waals surface area contributed by atoms with Crippen LogP contribution < -0.4 is 10.1 Å². The minimum absolute atomic E-state index is 0.171. The molecule has 2 rings (SSSR count). The van der Waals surface area contributed by atoms with Gasteiger partial charge < -0.3 is 14.6 Å². The van der Waals surface area contributed by atoms with Crippen molar-refractivity contribution in [2.45, 2.75) is 44.6 Å². The number of carbonyl (C=O) groups is 1. The SMILES string of the molecule is COc1cc(C2(C#N)CC2)cc(NC(=O)OC(C)(C)C)c1O. The van der Waals surface area contributed by atoms with Crippen molar-refractivity contribution in [1.82, 2.24) is 0 Å². The fourth-order valence-corrected chi connectivity index (χ4v) is 2.14. The Hall–Kier alpha value is -2.42. The minimum Gasteiger partial charge on any atom is -0.503 e. The number of anilines is 1. The van der Waals surface area contributed by atoms with E-state index in [1.165, 1.54) is 7.11 Å². The van der Waals surface area contributed by atoms with Gasteiger partial charge in [-0.15, -0.1) is 0 Å². The molecule has 6 heteroatoms. The highest BCUT2D eigenvalue weighted by Gasteiger charge is 2.45. The van der Waals surface area contributed by atoms with Crippen molar-refractivity contribution >= 4 is 11.8 Å². The number of benzene rings is 1. The molecule has 22 heavy (non-hydrogen) atoms. The molecule has 1 aliphatic rings. The van der Waals surface area contributed by atoms with Crippen molar-refractivity contribution in [2.24, 2.45) is 0 Å². The van der Waals surface area contributed by atoms with Gasteiger partial charge in [0.25, 0.3) is 0 Å². The highest BCUT2D eigenvalue weighted by molar-refractivity contribution is 5.88. The van der Waals surface area contributed by atoms with E-state index < -0.39 is 17.1 Å². The van der Waals surface area contributed by atoms with Gasteiger partial charge in [-0.25, -0.2) is 4.79 Å². The first-order valence-corrected chi connectivity index (χ1v) is 7.03. The van der Waals surface area contributed by atoms with E-state index in [-0.39, 0.29) is 17.2 Å². The van der Waals surface area contributed by atoms with E-state index in [0.29, 0.717) is 0 Å². The second kappa shape index (κ2) is 5.41. The molecule has 2 N–H and O–H groups in total. The van der Waals surface area contributed by atoms with Gasteiger partial charge in [-0.2, -0.15) is 5.26 Å². The maximum Gasteiger partial charge on any atom is 0.412 e.